The Morgan fingerprint density at radius 3 is 2.86 bits per heavy atom. The summed E-state index contributed by atoms with van der Waals surface area (Å²) >= 11 is 0. The predicted octanol–water partition coefficient (Wildman–Crippen LogP) is 3.87. The Kier molecular flexibility index (Phi) is 5.43. The Morgan fingerprint density at radius 1 is 1.28 bits per heavy atom. The molecule has 0 N–H and O–H groups in total. The Labute approximate surface area is 170 Å². The maximum absolute atomic E-state index is 14.1. The van der Waals surface area contributed by atoms with Crippen LogP contribution in [0.25, 0.3) is 0 Å². The first-order chi connectivity index (χ1) is 14.0. The molecule has 0 bridgehead atoms. The molecule has 1 amide bonds. The third-order valence-corrected chi connectivity index (χ3v) is 5.52. The van der Waals surface area contributed by atoms with Crippen LogP contribution in [0.5, 0.6) is 0 Å². The number of hydrogen-bond donors (Lipinski definition) is 0. The van der Waals surface area contributed by atoms with Crippen molar-refractivity contribution in [1.82, 2.24) is 19.4 Å². The van der Waals surface area contributed by atoms with Crippen LogP contribution in [0, 0.1) is 12.7 Å². The number of pyridine rings is 1. The van der Waals surface area contributed by atoms with Crippen LogP contribution >= 0.6 is 0 Å². The Balaban J connectivity index is 1.54. The zero-order chi connectivity index (χ0) is 20.4. The number of carbonyl (C=O) groups is 1. The van der Waals surface area contributed by atoms with Crippen LogP contribution in [0.2, 0.25) is 0 Å². The van der Waals surface area contributed by atoms with Gasteiger partial charge in [0.05, 0.1) is 0 Å². The average Bonchev–Trinajstić information content (AvgIpc) is 3.15. The van der Waals surface area contributed by atoms with E-state index in [0.29, 0.717) is 24.4 Å². The maximum Gasteiger partial charge on any atom is 0.289 e. The topological polar surface area (TPSA) is 51.0 Å². The molecule has 1 aliphatic rings. The van der Waals surface area contributed by atoms with E-state index in [1.54, 1.807) is 23.0 Å². The van der Waals surface area contributed by atoms with Crippen LogP contribution in [-0.2, 0) is 13.5 Å². The summed E-state index contributed by atoms with van der Waals surface area (Å²) in [5, 5.41) is 0. The highest BCUT2D eigenvalue weighted by atomic mass is 19.1. The molecule has 1 saturated heterocycles. The summed E-state index contributed by atoms with van der Waals surface area (Å²) in [7, 11) is 1.83. The summed E-state index contributed by atoms with van der Waals surface area (Å²) in [6, 6.07) is 11.0. The molecule has 6 heteroatoms. The fourth-order valence-electron chi connectivity index (χ4n) is 4.06. The number of aromatic nitrogens is 3. The number of piperidine rings is 1. The van der Waals surface area contributed by atoms with E-state index < -0.39 is 0 Å². The summed E-state index contributed by atoms with van der Waals surface area (Å²) < 4.78 is 15.8. The number of amides is 1. The molecule has 0 radical (unpaired) electrons. The van der Waals surface area contributed by atoms with Gasteiger partial charge in [-0.1, -0.05) is 18.2 Å². The number of likely N-dealkylation sites (tertiary alicyclic amines) is 1. The summed E-state index contributed by atoms with van der Waals surface area (Å²) in [6.07, 6.45) is 5.88. The van der Waals surface area contributed by atoms with Gasteiger partial charge in [-0.2, -0.15) is 0 Å². The lowest BCUT2D eigenvalue weighted by molar-refractivity contribution is 0.0690. The van der Waals surface area contributed by atoms with Crippen molar-refractivity contribution in [3.63, 3.8) is 0 Å². The van der Waals surface area contributed by atoms with Crippen molar-refractivity contribution >= 4 is 5.91 Å². The van der Waals surface area contributed by atoms with Gasteiger partial charge in [-0.05, 0) is 49.1 Å². The third-order valence-electron chi connectivity index (χ3n) is 5.52. The number of hydrogen-bond acceptors (Lipinski definition) is 3. The summed E-state index contributed by atoms with van der Waals surface area (Å²) in [5.41, 5.74) is 3.62. The number of aryl methyl sites for hydroxylation is 2. The van der Waals surface area contributed by atoms with Gasteiger partial charge in [0.25, 0.3) is 5.91 Å². The van der Waals surface area contributed by atoms with Crippen LogP contribution in [0.4, 0.5) is 4.39 Å². The minimum atomic E-state index is -0.187. The van der Waals surface area contributed by atoms with Crippen LogP contribution in [-0.4, -0.2) is 38.4 Å². The van der Waals surface area contributed by atoms with E-state index >= 15 is 0 Å². The smallest absolute Gasteiger partial charge is 0.289 e. The van der Waals surface area contributed by atoms with Crippen molar-refractivity contribution in [3.8, 4) is 0 Å². The van der Waals surface area contributed by atoms with E-state index in [4.69, 9.17) is 4.98 Å². The number of rotatable bonds is 4. The number of carbonyl (C=O) groups excluding carboxylic acids is 1. The quantitative estimate of drug-likeness (QED) is 0.677. The van der Waals surface area contributed by atoms with Crippen molar-refractivity contribution < 1.29 is 9.18 Å². The van der Waals surface area contributed by atoms with Crippen molar-refractivity contribution in [3.05, 3.63) is 82.9 Å². The van der Waals surface area contributed by atoms with Crippen LogP contribution in [0.3, 0.4) is 0 Å². The van der Waals surface area contributed by atoms with Crippen LogP contribution < -0.4 is 0 Å². The average molecular weight is 392 g/mol. The van der Waals surface area contributed by atoms with E-state index in [0.717, 1.165) is 36.3 Å². The second-order valence-corrected chi connectivity index (χ2v) is 7.76. The second-order valence-electron chi connectivity index (χ2n) is 7.76. The Morgan fingerprint density at radius 2 is 2.10 bits per heavy atom. The molecule has 1 aliphatic heterocycles. The molecule has 3 aromatic rings. The lowest BCUT2D eigenvalue weighted by Gasteiger charge is -2.32. The monoisotopic (exact) mass is 392 g/mol. The normalized spacial score (nSPS) is 16.8. The summed E-state index contributed by atoms with van der Waals surface area (Å²) in [4.78, 5) is 23.7. The molecule has 2 aromatic heterocycles. The van der Waals surface area contributed by atoms with E-state index in [9.17, 15) is 9.18 Å². The van der Waals surface area contributed by atoms with E-state index in [1.807, 2.05) is 37.1 Å². The molecule has 1 aromatic carbocycles. The standard InChI is InChI=1S/C23H25FN4O/c1-16-12-17(13-18-6-3-4-8-20(18)24)14-21(26-16)19-7-5-10-28(15-19)23(29)22-25-9-11-27(22)2/h3-4,6,8-9,11-12,14,19H,5,7,10,13,15H2,1-2H3. The van der Waals surface area contributed by atoms with E-state index in [2.05, 4.69) is 11.1 Å². The van der Waals surface area contributed by atoms with Gasteiger partial charge >= 0.3 is 0 Å². The lowest BCUT2D eigenvalue weighted by atomic mass is 9.92. The minimum absolute atomic E-state index is 0.0403. The molecule has 0 spiro atoms. The van der Waals surface area contributed by atoms with Crippen molar-refractivity contribution in [1.29, 1.82) is 0 Å². The second kappa shape index (κ2) is 8.15. The first kappa shape index (κ1) is 19.3. The van der Waals surface area contributed by atoms with Gasteiger partial charge in [0.15, 0.2) is 5.82 Å². The van der Waals surface area contributed by atoms with E-state index in [1.165, 1.54) is 6.07 Å². The van der Waals surface area contributed by atoms with Crippen molar-refractivity contribution in [2.24, 2.45) is 7.05 Å². The Hall–Kier alpha value is -3.02. The number of nitrogens with zero attached hydrogens (tertiary/aromatic N) is 4. The van der Waals surface area contributed by atoms with Gasteiger partial charge in [0, 0.05) is 56.3 Å². The summed E-state index contributed by atoms with van der Waals surface area (Å²) in [6.45, 7) is 3.32. The van der Waals surface area contributed by atoms with E-state index in [-0.39, 0.29) is 17.6 Å². The SMILES string of the molecule is Cc1cc(Cc2ccccc2F)cc(C2CCCN(C(=O)c3nccn3C)C2)n1. The first-order valence-electron chi connectivity index (χ1n) is 9.98. The molecule has 0 aliphatic carbocycles. The molecular formula is C23H25FN4O. The highest BCUT2D eigenvalue weighted by molar-refractivity contribution is 5.90. The largest absolute Gasteiger partial charge is 0.335 e. The lowest BCUT2D eigenvalue weighted by Crippen LogP contribution is -2.40. The van der Waals surface area contributed by atoms with Gasteiger partial charge in [-0.3, -0.25) is 9.78 Å². The number of halogens is 1. The maximum atomic E-state index is 14.1. The third kappa shape index (κ3) is 4.21. The zero-order valence-corrected chi connectivity index (χ0v) is 16.8. The van der Waals surface area contributed by atoms with Gasteiger partial charge < -0.3 is 9.47 Å². The van der Waals surface area contributed by atoms with Gasteiger partial charge in [0.2, 0.25) is 0 Å². The molecule has 0 saturated carbocycles. The van der Waals surface area contributed by atoms with Crippen LogP contribution in [0.15, 0.2) is 48.8 Å². The Bertz CT molecular complexity index is 1030. The van der Waals surface area contributed by atoms with Gasteiger partial charge in [0.1, 0.15) is 5.82 Å². The molecule has 1 fully saturated rings. The molecule has 1 atom stereocenters. The first-order valence-corrected chi connectivity index (χ1v) is 9.98. The fraction of sp³-hybridized carbons (Fsp3) is 0.348. The molecule has 29 heavy (non-hydrogen) atoms. The fourth-order valence-corrected chi connectivity index (χ4v) is 4.06. The van der Waals surface area contributed by atoms with Gasteiger partial charge in [-0.15, -0.1) is 0 Å². The zero-order valence-electron chi connectivity index (χ0n) is 16.8. The van der Waals surface area contributed by atoms with Crippen molar-refractivity contribution in [2.45, 2.75) is 32.1 Å². The van der Waals surface area contributed by atoms with Crippen LogP contribution in [0.1, 0.15) is 51.9 Å². The predicted molar refractivity (Wildman–Crippen MR) is 109 cm³/mol. The number of imidazole rings is 1. The molecule has 5 nitrogen and oxygen atoms in total. The minimum Gasteiger partial charge on any atom is -0.335 e. The molecular weight excluding hydrogens is 367 g/mol. The molecule has 4 rings (SSSR count). The van der Waals surface area contributed by atoms with Crippen molar-refractivity contribution in [2.75, 3.05) is 13.1 Å². The van der Waals surface area contributed by atoms with Gasteiger partial charge in [-0.25, -0.2) is 9.37 Å². The number of benzene rings is 1. The highest BCUT2D eigenvalue weighted by Gasteiger charge is 2.28. The highest BCUT2D eigenvalue weighted by Crippen LogP contribution is 2.28. The molecule has 150 valence electrons. The summed E-state index contributed by atoms with van der Waals surface area (Å²) in [5.74, 6) is 0.407. The molecule has 1 unspecified atom stereocenters. The molecule has 3 heterocycles.